The molecule has 0 aromatic rings. The van der Waals surface area contributed by atoms with Crippen molar-refractivity contribution < 1.29 is 14.7 Å². The van der Waals surface area contributed by atoms with E-state index in [0.717, 1.165) is 0 Å². The Kier molecular flexibility index (Phi) is 5.84. The molecule has 0 aliphatic carbocycles. The van der Waals surface area contributed by atoms with E-state index < -0.39 is 7.94 Å². The Morgan fingerprint density at radius 1 is 1.29 bits per heavy atom. The second-order valence-corrected chi connectivity index (χ2v) is 2.78. The normalized spacial score (nSPS) is 10.3. The van der Waals surface area contributed by atoms with Crippen molar-refractivity contribution in [3.63, 3.8) is 0 Å². The maximum atomic E-state index is 9.47. The molecular formula is C2H5AlO3P+. The Labute approximate surface area is 53.7 Å². The first-order valence-electron chi connectivity index (χ1n) is 1.57. The van der Waals surface area contributed by atoms with E-state index in [-0.39, 0.29) is 23.5 Å². The number of hydrogen-bond donors (Lipinski definition) is 0. The van der Waals surface area contributed by atoms with Gasteiger partial charge >= 0.3 is 17.4 Å². The first-order valence-corrected chi connectivity index (χ1v) is 3.30. The maximum Gasteiger partial charge on any atom is 3.00 e. The van der Waals surface area contributed by atoms with E-state index in [1.54, 1.807) is 0 Å². The fourth-order valence-electron chi connectivity index (χ4n) is 0. The van der Waals surface area contributed by atoms with Crippen molar-refractivity contribution in [2.45, 2.75) is 6.92 Å². The van der Waals surface area contributed by atoms with Gasteiger partial charge in [0.05, 0.1) is 0 Å². The van der Waals surface area contributed by atoms with Gasteiger partial charge in [-0.25, -0.2) is 0 Å². The van der Waals surface area contributed by atoms with Crippen molar-refractivity contribution >= 4 is 25.3 Å². The molecular weight excluding hydrogens is 130 g/mol. The van der Waals surface area contributed by atoms with Gasteiger partial charge in [0.1, 0.15) is 0 Å². The molecule has 3 nitrogen and oxygen atoms in total. The van der Waals surface area contributed by atoms with Gasteiger partial charge in [-0.2, -0.15) is 7.94 Å². The van der Waals surface area contributed by atoms with Gasteiger partial charge in [-0.3, -0.25) is 0 Å². The second-order valence-electron chi connectivity index (χ2n) is 0.927. The minimum absolute atomic E-state index is 0. The topological polar surface area (TPSA) is 69.2 Å². The van der Waals surface area contributed by atoms with Crippen LogP contribution in [0, 0.1) is 0 Å². The average Bonchev–Trinajstić information content (AvgIpc) is 1.35. The Morgan fingerprint density at radius 2 is 1.43 bits per heavy atom. The van der Waals surface area contributed by atoms with Gasteiger partial charge in [0.2, 0.25) is 0 Å². The summed E-state index contributed by atoms with van der Waals surface area (Å²) in [6, 6.07) is 0. The molecule has 0 fully saturated rings. The van der Waals surface area contributed by atoms with Crippen molar-refractivity contribution in [3.05, 3.63) is 0 Å². The Hall–Kier alpha value is 0.842. The predicted octanol–water partition coefficient (Wildman–Crippen LogP) is -2.53. The zero-order chi connectivity index (χ0) is 5.21. The van der Waals surface area contributed by atoms with Crippen LogP contribution in [0.5, 0.6) is 0 Å². The summed E-state index contributed by atoms with van der Waals surface area (Å²) < 4.78 is 0. The van der Waals surface area contributed by atoms with Crippen molar-refractivity contribution in [2.24, 2.45) is 0 Å². The smallest absolute Gasteiger partial charge is 0.688 e. The van der Waals surface area contributed by atoms with E-state index in [2.05, 4.69) is 0 Å². The van der Waals surface area contributed by atoms with Crippen LogP contribution in [0.15, 0.2) is 0 Å². The first-order chi connectivity index (χ1) is 2.56. The summed E-state index contributed by atoms with van der Waals surface area (Å²) in [7, 11) is -4.15. The summed E-state index contributed by atoms with van der Waals surface area (Å²) in [5, 5.41) is 0. The van der Waals surface area contributed by atoms with E-state index in [9.17, 15) is 14.7 Å². The fraction of sp³-hybridized carbons (Fsp3) is 1.00. The maximum absolute atomic E-state index is 9.47. The van der Waals surface area contributed by atoms with Crippen LogP contribution >= 0.6 is 7.94 Å². The van der Waals surface area contributed by atoms with Crippen molar-refractivity contribution in [3.8, 4) is 0 Å². The van der Waals surface area contributed by atoms with Gasteiger partial charge in [-0.15, -0.1) is 0 Å². The molecule has 0 aromatic carbocycles. The molecule has 0 radical (unpaired) electrons. The molecule has 0 aliphatic rings. The molecule has 0 saturated heterocycles. The van der Waals surface area contributed by atoms with Crippen molar-refractivity contribution in [1.29, 1.82) is 0 Å². The van der Waals surface area contributed by atoms with Crippen LogP contribution in [0.25, 0.3) is 0 Å². The number of rotatable bonds is 1. The zero-order valence-electron chi connectivity index (χ0n) is 3.96. The van der Waals surface area contributed by atoms with E-state index in [4.69, 9.17) is 0 Å². The van der Waals surface area contributed by atoms with Crippen LogP contribution in [-0.4, -0.2) is 23.5 Å². The SMILES string of the molecule is CC[P+]([O-])([O-])[O-].[Al+3]. The van der Waals surface area contributed by atoms with Crippen LogP contribution in [0.4, 0.5) is 0 Å². The fourth-order valence-corrected chi connectivity index (χ4v) is 0. The van der Waals surface area contributed by atoms with Crippen LogP contribution in [0.3, 0.4) is 0 Å². The Morgan fingerprint density at radius 3 is 1.43 bits per heavy atom. The molecule has 0 atom stereocenters. The molecule has 0 N–H and O–H groups in total. The van der Waals surface area contributed by atoms with E-state index in [1.165, 1.54) is 6.92 Å². The van der Waals surface area contributed by atoms with Crippen molar-refractivity contribution in [1.82, 2.24) is 0 Å². The second kappa shape index (κ2) is 3.80. The van der Waals surface area contributed by atoms with Gasteiger partial charge in [-0.05, 0) is 6.92 Å². The third kappa shape index (κ3) is 10.9. The quantitative estimate of drug-likeness (QED) is 0.294. The molecule has 0 unspecified atom stereocenters. The van der Waals surface area contributed by atoms with Crippen LogP contribution in [-0.2, 0) is 0 Å². The minimum Gasteiger partial charge on any atom is -0.688 e. The molecule has 0 rings (SSSR count). The van der Waals surface area contributed by atoms with Crippen LogP contribution in [0.2, 0.25) is 0 Å². The van der Waals surface area contributed by atoms with Crippen molar-refractivity contribution in [2.75, 3.05) is 6.16 Å². The summed E-state index contributed by atoms with van der Waals surface area (Å²) >= 11 is 0. The van der Waals surface area contributed by atoms with Gasteiger partial charge < -0.3 is 14.7 Å². The van der Waals surface area contributed by atoms with Gasteiger partial charge in [0, 0.05) is 6.16 Å². The molecule has 0 amide bonds. The molecule has 0 saturated carbocycles. The average molecular weight is 135 g/mol. The Balaban J connectivity index is 0. The third-order valence-corrected chi connectivity index (χ3v) is 1.16. The molecule has 0 spiro atoms. The molecule has 5 heteroatoms. The predicted molar refractivity (Wildman–Crippen MR) is 23.2 cm³/mol. The summed E-state index contributed by atoms with van der Waals surface area (Å²) in [6.07, 6.45) is -0.285. The summed E-state index contributed by atoms with van der Waals surface area (Å²) in [5.74, 6) is 0. The van der Waals surface area contributed by atoms with Gasteiger partial charge in [0.15, 0.2) is 0 Å². The van der Waals surface area contributed by atoms with Gasteiger partial charge in [0.25, 0.3) is 0 Å². The largest absolute Gasteiger partial charge is 3.00 e. The minimum atomic E-state index is -4.15. The molecule has 0 aromatic heterocycles. The van der Waals surface area contributed by atoms with E-state index in [1.807, 2.05) is 0 Å². The molecule has 0 bridgehead atoms. The molecule has 7 heavy (non-hydrogen) atoms. The zero-order valence-corrected chi connectivity index (χ0v) is 6.01. The molecule has 0 aliphatic heterocycles. The van der Waals surface area contributed by atoms with Crippen LogP contribution < -0.4 is 14.7 Å². The first kappa shape index (κ1) is 10.8. The molecule has 0 heterocycles. The summed E-state index contributed by atoms with van der Waals surface area (Å²) in [4.78, 5) is 28.4. The van der Waals surface area contributed by atoms with E-state index in [0.29, 0.717) is 0 Å². The third-order valence-electron chi connectivity index (χ3n) is 0.387. The van der Waals surface area contributed by atoms with Gasteiger partial charge in [-0.1, -0.05) is 0 Å². The summed E-state index contributed by atoms with van der Waals surface area (Å²) in [6.45, 7) is 1.32. The number of hydrogen-bond acceptors (Lipinski definition) is 3. The van der Waals surface area contributed by atoms with E-state index >= 15 is 0 Å². The monoisotopic (exact) mass is 135 g/mol. The summed E-state index contributed by atoms with van der Waals surface area (Å²) in [5.41, 5.74) is 0. The van der Waals surface area contributed by atoms with Crippen LogP contribution in [0.1, 0.15) is 6.92 Å². The molecule has 38 valence electrons. The standard InChI is InChI=1S/C2H7O3P.Al/c1-2-6(3,4)5;/h2H2,1H3,(H2,3,4,5);/q;+3/p-2. The Bertz CT molecular complexity index is 42.7.